The van der Waals surface area contributed by atoms with Gasteiger partial charge in [0.15, 0.2) is 0 Å². The maximum absolute atomic E-state index is 6.19. The van der Waals surface area contributed by atoms with Gasteiger partial charge in [0.2, 0.25) is 0 Å². The maximum Gasteiger partial charge on any atom is -0.00151 e. The Kier molecular flexibility index (Phi) is 2.54. The lowest BCUT2D eigenvalue weighted by Crippen LogP contribution is -2.43. The highest BCUT2D eigenvalue weighted by atomic mass is 14.7. The molecule has 2 N–H and O–H groups in total. The van der Waals surface area contributed by atoms with Crippen LogP contribution in [-0.2, 0) is 0 Å². The molecule has 3 unspecified atom stereocenters. The van der Waals surface area contributed by atoms with Crippen LogP contribution < -0.4 is 5.73 Å². The summed E-state index contributed by atoms with van der Waals surface area (Å²) in [5, 5.41) is 0. The fraction of sp³-hybridized carbons (Fsp3) is 1.00. The SMILES string of the molecule is NCC1(C2CCCCC2)CC2CCC1C2. The number of hydrogen-bond donors (Lipinski definition) is 1. The molecule has 0 saturated heterocycles. The summed E-state index contributed by atoms with van der Waals surface area (Å²) < 4.78 is 0. The summed E-state index contributed by atoms with van der Waals surface area (Å²) in [4.78, 5) is 0. The van der Waals surface area contributed by atoms with E-state index in [2.05, 4.69) is 0 Å². The van der Waals surface area contributed by atoms with E-state index >= 15 is 0 Å². The van der Waals surface area contributed by atoms with Crippen molar-refractivity contribution in [3.8, 4) is 0 Å². The third kappa shape index (κ3) is 1.46. The average molecular weight is 207 g/mol. The molecular formula is C14H25N. The average Bonchev–Trinajstić information content (AvgIpc) is 2.90. The van der Waals surface area contributed by atoms with E-state index in [-0.39, 0.29) is 0 Å². The van der Waals surface area contributed by atoms with Gasteiger partial charge in [0.25, 0.3) is 0 Å². The smallest absolute Gasteiger partial charge is 0.00151 e. The van der Waals surface area contributed by atoms with E-state index in [0.29, 0.717) is 5.41 Å². The van der Waals surface area contributed by atoms with Gasteiger partial charge >= 0.3 is 0 Å². The molecule has 0 aromatic carbocycles. The zero-order valence-electron chi connectivity index (χ0n) is 9.88. The fourth-order valence-electron chi connectivity index (χ4n) is 5.08. The van der Waals surface area contributed by atoms with Crippen molar-refractivity contribution in [1.82, 2.24) is 0 Å². The molecule has 0 heterocycles. The van der Waals surface area contributed by atoms with Crippen LogP contribution in [-0.4, -0.2) is 6.54 Å². The van der Waals surface area contributed by atoms with Gasteiger partial charge in [0.1, 0.15) is 0 Å². The predicted octanol–water partition coefficient (Wildman–Crippen LogP) is 3.33. The van der Waals surface area contributed by atoms with Crippen LogP contribution in [0.5, 0.6) is 0 Å². The largest absolute Gasteiger partial charge is 0.330 e. The van der Waals surface area contributed by atoms with Crippen molar-refractivity contribution in [2.45, 2.75) is 57.8 Å². The summed E-state index contributed by atoms with van der Waals surface area (Å²) in [6.45, 7) is 0.985. The highest BCUT2D eigenvalue weighted by Crippen LogP contribution is 2.61. The van der Waals surface area contributed by atoms with Crippen LogP contribution in [0.3, 0.4) is 0 Å². The third-order valence-electron chi connectivity index (χ3n) is 5.82. The molecule has 3 saturated carbocycles. The minimum absolute atomic E-state index is 0.601. The van der Waals surface area contributed by atoms with Gasteiger partial charge in [-0.15, -0.1) is 0 Å². The van der Waals surface area contributed by atoms with Crippen LogP contribution in [0.2, 0.25) is 0 Å². The van der Waals surface area contributed by atoms with Crippen LogP contribution in [0.4, 0.5) is 0 Å². The second kappa shape index (κ2) is 3.76. The number of nitrogens with two attached hydrogens (primary N) is 1. The zero-order valence-corrected chi connectivity index (χ0v) is 9.88. The number of rotatable bonds is 2. The van der Waals surface area contributed by atoms with E-state index in [1.165, 1.54) is 57.8 Å². The topological polar surface area (TPSA) is 26.0 Å². The molecule has 0 aliphatic heterocycles. The van der Waals surface area contributed by atoms with E-state index in [1.807, 2.05) is 0 Å². The lowest BCUT2D eigenvalue weighted by atomic mass is 9.61. The van der Waals surface area contributed by atoms with Gasteiger partial charge < -0.3 is 5.73 Å². The van der Waals surface area contributed by atoms with Crippen LogP contribution in [0.25, 0.3) is 0 Å². The van der Waals surface area contributed by atoms with Crippen LogP contribution >= 0.6 is 0 Å². The molecule has 3 aliphatic rings. The number of hydrogen-bond acceptors (Lipinski definition) is 1. The Bertz CT molecular complexity index is 231. The molecule has 3 rings (SSSR count). The molecule has 0 amide bonds. The van der Waals surface area contributed by atoms with Crippen LogP contribution in [0.15, 0.2) is 0 Å². The minimum Gasteiger partial charge on any atom is -0.330 e. The summed E-state index contributed by atoms with van der Waals surface area (Å²) >= 11 is 0. The van der Waals surface area contributed by atoms with E-state index < -0.39 is 0 Å². The molecule has 1 heteroatoms. The Morgan fingerprint density at radius 1 is 0.933 bits per heavy atom. The Balaban J connectivity index is 1.79. The molecule has 1 nitrogen and oxygen atoms in total. The normalized spacial score (nSPS) is 46.2. The molecule has 15 heavy (non-hydrogen) atoms. The van der Waals surface area contributed by atoms with Crippen molar-refractivity contribution < 1.29 is 0 Å². The Morgan fingerprint density at radius 3 is 2.27 bits per heavy atom. The first kappa shape index (κ1) is 10.1. The lowest BCUT2D eigenvalue weighted by molar-refractivity contribution is 0.0572. The van der Waals surface area contributed by atoms with Crippen molar-refractivity contribution in [2.24, 2.45) is 28.9 Å². The van der Waals surface area contributed by atoms with Crippen molar-refractivity contribution in [2.75, 3.05) is 6.54 Å². The second-order valence-electron chi connectivity index (χ2n) is 6.35. The Labute approximate surface area is 93.8 Å². The molecule has 0 spiro atoms. The van der Waals surface area contributed by atoms with Crippen molar-refractivity contribution >= 4 is 0 Å². The molecule has 3 aliphatic carbocycles. The Morgan fingerprint density at radius 2 is 1.73 bits per heavy atom. The molecular weight excluding hydrogens is 182 g/mol. The van der Waals surface area contributed by atoms with Gasteiger partial charge in [-0.2, -0.15) is 0 Å². The van der Waals surface area contributed by atoms with Crippen molar-refractivity contribution in [1.29, 1.82) is 0 Å². The Hall–Kier alpha value is -0.0400. The first-order valence-corrected chi connectivity index (χ1v) is 7.05. The second-order valence-corrected chi connectivity index (χ2v) is 6.35. The first-order chi connectivity index (χ1) is 7.35. The first-order valence-electron chi connectivity index (χ1n) is 7.05. The van der Waals surface area contributed by atoms with Crippen LogP contribution in [0, 0.1) is 23.2 Å². The van der Waals surface area contributed by atoms with Gasteiger partial charge in [-0.25, -0.2) is 0 Å². The minimum atomic E-state index is 0.601. The fourth-order valence-corrected chi connectivity index (χ4v) is 5.08. The summed E-state index contributed by atoms with van der Waals surface area (Å²) in [6.07, 6.45) is 13.4. The number of fused-ring (bicyclic) bond motifs is 2. The summed E-state index contributed by atoms with van der Waals surface area (Å²) in [5.74, 6) is 3.06. The van der Waals surface area contributed by atoms with E-state index in [9.17, 15) is 0 Å². The highest BCUT2D eigenvalue weighted by molar-refractivity contribution is 5.04. The molecule has 0 aromatic heterocycles. The highest BCUT2D eigenvalue weighted by Gasteiger charge is 2.53. The van der Waals surface area contributed by atoms with E-state index in [4.69, 9.17) is 5.73 Å². The van der Waals surface area contributed by atoms with Crippen LogP contribution in [0.1, 0.15) is 57.8 Å². The lowest BCUT2D eigenvalue weighted by Gasteiger charge is -2.45. The summed E-state index contributed by atoms with van der Waals surface area (Å²) in [7, 11) is 0. The molecule has 3 fully saturated rings. The monoisotopic (exact) mass is 207 g/mol. The van der Waals surface area contributed by atoms with Gasteiger partial charge in [-0.05, 0) is 61.8 Å². The quantitative estimate of drug-likeness (QED) is 0.738. The van der Waals surface area contributed by atoms with Gasteiger partial charge in [0.05, 0.1) is 0 Å². The molecule has 3 atom stereocenters. The molecule has 0 aromatic rings. The van der Waals surface area contributed by atoms with Crippen molar-refractivity contribution in [3.05, 3.63) is 0 Å². The third-order valence-corrected chi connectivity index (χ3v) is 5.82. The van der Waals surface area contributed by atoms with Gasteiger partial charge in [-0.3, -0.25) is 0 Å². The van der Waals surface area contributed by atoms with E-state index in [0.717, 1.165) is 24.3 Å². The molecule has 2 bridgehead atoms. The maximum atomic E-state index is 6.19. The van der Waals surface area contributed by atoms with Gasteiger partial charge in [0, 0.05) is 0 Å². The summed E-state index contributed by atoms with van der Waals surface area (Å²) in [5.41, 5.74) is 6.79. The van der Waals surface area contributed by atoms with Crippen molar-refractivity contribution in [3.63, 3.8) is 0 Å². The molecule has 86 valence electrons. The zero-order chi connectivity index (χ0) is 10.3. The standard InChI is InChI=1S/C14H25N/c15-10-14(12-4-2-1-3-5-12)9-11-6-7-13(14)8-11/h11-13H,1-10,15H2. The predicted molar refractivity (Wildman–Crippen MR) is 63.5 cm³/mol. The molecule has 0 radical (unpaired) electrons. The summed E-state index contributed by atoms with van der Waals surface area (Å²) in [6, 6.07) is 0. The van der Waals surface area contributed by atoms with Gasteiger partial charge in [-0.1, -0.05) is 25.7 Å². The van der Waals surface area contributed by atoms with E-state index in [1.54, 1.807) is 0 Å².